The highest BCUT2D eigenvalue weighted by Gasteiger charge is 2.05. The number of benzene rings is 1. The van der Waals surface area contributed by atoms with Gasteiger partial charge in [-0.25, -0.2) is 0 Å². The van der Waals surface area contributed by atoms with E-state index in [1.165, 1.54) is 0 Å². The van der Waals surface area contributed by atoms with Crippen molar-refractivity contribution in [2.45, 2.75) is 26.0 Å². The molecule has 0 fully saturated rings. The van der Waals surface area contributed by atoms with Crippen LogP contribution in [0.4, 0.5) is 11.4 Å². The van der Waals surface area contributed by atoms with E-state index in [1.54, 1.807) is 31.2 Å². The largest absolute Gasteiger partial charge is 0.399 e. The van der Waals surface area contributed by atoms with Gasteiger partial charge in [-0.2, -0.15) is 10.2 Å². The minimum absolute atomic E-state index is 0.187. The fraction of sp³-hybridized carbons (Fsp3) is 0.400. The Bertz CT molecular complexity index is 306. The topological polar surface area (TPSA) is 71.0 Å². The highest BCUT2D eigenvalue weighted by molar-refractivity contribution is 5.47. The number of nitrogens with two attached hydrogens (primary N) is 1. The molecule has 1 rings (SSSR count). The average molecular weight is 193 g/mol. The third kappa shape index (κ3) is 3.14. The summed E-state index contributed by atoms with van der Waals surface area (Å²) in [6.07, 6.45) is -0.479. The normalized spacial score (nSPS) is 15.6. The van der Waals surface area contributed by atoms with Gasteiger partial charge in [0.05, 0.1) is 17.8 Å². The van der Waals surface area contributed by atoms with Crippen LogP contribution in [-0.4, -0.2) is 17.3 Å². The lowest BCUT2D eigenvalue weighted by Gasteiger charge is -2.06. The van der Waals surface area contributed by atoms with Crippen LogP contribution in [-0.2, 0) is 0 Å². The van der Waals surface area contributed by atoms with Crippen LogP contribution in [0.3, 0.4) is 0 Å². The molecule has 0 aliphatic carbocycles. The molecule has 1 aromatic carbocycles. The molecule has 0 spiro atoms. The van der Waals surface area contributed by atoms with Gasteiger partial charge in [-0.1, -0.05) is 0 Å². The van der Waals surface area contributed by atoms with Crippen molar-refractivity contribution in [1.29, 1.82) is 0 Å². The zero-order valence-electron chi connectivity index (χ0n) is 8.38. The molecule has 76 valence electrons. The minimum atomic E-state index is -0.479. The lowest BCUT2D eigenvalue weighted by molar-refractivity contribution is 0.168. The number of rotatable bonds is 3. The Morgan fingerprint density at radius 1 is 1.21 bits per heavy atom. The fourth-order valence-electron chi connectivity index (χ4n) is 0.795. The molecule has 0 radical (unpaired) electrons. The van der Waals surface area contributed by atoms with E-state index in [-0.39, 0.29) is 6.04 Å². The van der Waals surface area contributed by atoms with E-state index in [4.69, 9.17) is 10.8 Å². The van der Waals surface area contributed by atoms with Gasteiger partial charge < -0.3 is 10.8 Å². The maximum atomic E-state index is 9.17. The summed E-state index contributed by atoms with van der Waals surface area (Å²) in [5.74, 6) is 0. The zero-order valence-corrected chi connectivity index (χ0v) is 8.38. The lowest BCUT2D eigenvalue weighted by Crippen LogP contribution is -2.15. The van der Waals surface area contributed by atoms with Gasteiger partial charge in [0, 0.05) is 5.69 Å². The summed E-state index contributed by atoms with van der Waals surface area (Å²) in [5.41, 5.74) is 6.96. The predicted molar refractivity (Wildman–Crippen MR) is 56.5 cm³/mol. The zero-order chi connectivity index (χ0) is 10.6. The monoisotopic (exact) mass is 193 g/mol. The molecule has 2 atom stereocenters. The van der Waals surface area contributed by atoms with E-state index in [0.29, 0.717) is 5.69 Å². The molecular formula is C10H15N3O. The molecule has 0 saturated heterocycles. The molecule has 0 heterocycles. The molecule has 0 saturated carbocycles. The van der Waals surface area contributed by atoms with E-state index < -0.39 is 6.10 Å². The first-order chi connectivity index (χ1) is 6.59. The van der Waals surface area contributed by atoms with Crippen LogP contribution in [0.15, 0.2) is 34.5 Å². The van der Waals surface area contributed by atoms with Gasteiger partial charge >= 0.3 is 0 Å². The molecule has 1 unspecified atom stereocenters. The molecule has 0 aromatic heterocycles. The number of anilines is 1. The van der Waals surface area contributed by atoms with Crippen molar-refractivity contribution in [2.75, 3.05) is 5.73 Å². The number of hydrogen-bond acceptors (Lipinski definition) is 4. The summed E-state index contributed by atoms with van der Waals surface area (Å²) in [6.45, 7) is 3.50. The van der Waals surface area contributed by atoms with E-state index in [0.717, 1.165) is 5.69 Å². The summed E-state index contributed by atoms with van der Waals surface area (Å²) in [4.78, 5) is 0. The number of azo groups is 1. The van der Waals surface area contributed by atoms with Crippen molar-refractivity contribution in [1.82, 2.24) is 0 Å². The van der Waals surface area contributed by atoms with E-state index >= 15 is 0 Å². The minimum Gasteiger partial charge on any atom is -0.399 e. The summed E-state index contributed by atoms with van der Waals surface area (Å²) in [7, 11) is 0. The van der Waals surface area contributed by atoms with Crippen molar-refractivity contribution >= 4 is 11.4 Å². The van der Waals surface area contributed by atoms with Gasteiger partial charge in [-0.15, -0.1) is 0 Å². The summed E-state index contributed by atoms with van der Waals surface area (Å²) in [6, 6.07) is 6.91. The summed E-state index contributed by atoms with van der Waals surface area (Å²) >= 11 is 0. The van der Waals surface area contributed by atoms with E-state index in [9.17, 15) is 0 Å². The van der Waals surface area contributed by atoms with Gasteiger partial charge in [0.25, 0.3) is 0 Å². The van der Waals surface area contributed by atoms with Crippen LogP contribution in [0.5, 0.6) is 0 Å². The Kier molecular flexibility index (Phi) is 3.59. The Balaban J connectivity index is 2.64. The standard InChI is InChI=1S/C10H15N3O/c1-7(8(2)14)12-13-10-5-3-9(11)4-6-10/h3-8,14H,11H2,1-2H3/b13-12+/t7-,8?/m0/s1. The molecule has 14 heavy (non-hydrogen) atoms. The predicted octanol–water partition coefficient (Wildman–Crippen LogP) is 2.12. The van der Waals surface area contributed by atoms with Crippen molar-refractivity contribution < 1.29 is 5.11 Å². The van der Waals surface area contributed by atoms with Crippen LogP contribution in [0.1, 0.15) is 13.8 Å². The van der Waals surface area contributed by atoms with Gasteiger partial charge in [0.15, 0.2) is 0 Å². The maximum Gasteiger partial charge on any atom is 0.0940 e. The first-order valence-electron chi connectivity index (χ1n) is 4.54. The van der Waals surface area contributed by atoms with Crippen molar-refractivity contribution in [2.24, 2.45) is 10.2 Å². The van der Waals surface area contributed by atoms with Crippen LogP contribution >= 0.6 is 0 Å². The van der Waals surface area contributed by atoms with Crippen LogP contribution in [0, 0.1) is 0 Å². The van der Waals surface area contributed by atoms with Crippen molar-refractivity contribution in [3.63, 3.8) is 0 Å². The molecule has 1 aromatic rings. The average Bonchev–Trinajstić information content (AvgIpc) is 2.16. The quantitative estimate of drug-likeness (QED) is 0.570. The lowest BCUT2D eigenvalue weighted by atomic mass is 10.2. The van der Waals surface area contributed by atoms with Crippen molar-refractivity contribution in [3.8, 4) is 0 Å². The molecular weight excluding hydrogens is 178 g/mol. The van der Waals surface area contributed by atoms with Crippen molar-refractivity contribution in [3.05, 3.63) is 24.3 Å². The van der Waals surface area contributed by atoms with Gasteiger partial charge in [0.2, 0.25) is 0 Å². The SMILES string of the molecule is CC(O)[C@H](C)/N=N/c1ccc(N)cc1. The van der Waals surface area contributed by atoms with Crippen LogP contribution in [0.25, 0.3) is 0 Å². The summed E-state index contributed by atoms with van der Waals surface area (Å²) < 4.78 is 0. The number of nitrogens with zero attached hydrogens (tertiary/aromatic N) is 2. The van der Waals surface area contributed by atoms with Gasteiger partial charge in [-0.05, 0) is 38.1 Å². The third-order valence-corrected chi connectivity index (χ3v) is 1.95. The molecule has 0 aliphatic heterocycles. The molecule has 4 heteroatoms. The number of aliphatic hydroxyl groups excluding tert-OH is 1. The smallest absolute Gasteiger partial charge is 0.0940 e. The van der Waals surface area contributed by atoms with Gasteiger partial charge in [-0.3, -0.25) is 0 Å². The first-order valence-corrected chi connectivity index (χ1v) is 4.54. The van der Waals surface area contributed by atoms with Crippen LogP contribution in [0.2, 0.25) is 0 Å². The fourth-order valence-corrected chi connectivity index (χ4v) is 0.795. The number of nitrogen functional groups attached to an aromatic ring is 1. The van der Waals surface area contributed by atoms with Gasteiger partial charge in [0.1, 0.15) is 0 Å². The number of aliphatic hydroxyl groups is 1. The highest BCUT2D eigenvalue weighted by Crippen LogP contribution is 2.15. The van der Waals surface area contributed by atoms with Crippen LogP contribution < -0.4 is 5.73 Å². The summed E-state index contributed by atoms with van der Waals surface area (Å²) in [5, 5.41) is 17.1. The molecule has 3 N–H and O–H groups in total. The second kappa shape index (κ2) is 4.72. The molecule has 0 aliphatic rings. The first kappa shape index (κ1) is 10.7. The maximum absolute atomic E-state index is 9.17. The molecule has 0 amide bonds. The Hall–Kier alpha value is -1.42. The second-order valence-corrected chi connectivity index (χ2v) is 3.29. The Labute approximate surface area is 83.5 Å². The molecule has 0 bridgehead atoms. The highest BCUT2D eigenvalue weighted by atomic mass is 16.3. The van der Waals surface area contributed by atoms with E-state index in [2.05, 4.69) is 10.2 Å². The second-order valence-electron chi connectivity index (χ2n) is 3.29. The third-order valence-electron chi connectivity index (χ3n) is 1.95. The van der Waals surface area contributed by atoms with E-state index in [1.807, 2.05) is 6.92 Å². The number of hydrogen-bond donors (Lipinski definition) is 2. The molecule has 4 nitrogen and oxygen atoms in total. The Morgan fingerprint density at radius 3 is 2.29 bits per heavy atom. The Morgan fingerprint density at radius 2 is 1.79 bits per heavy atom.